The van der Waals surface area contributed by atoms with Gasteiger partial charge in [-0.05, 0) is 39.1 Å². The summed E-state index contributed by atoms with van der Waals surface area (Å²) in [6.45, 7) is 4.83. The number of rotatable bonds is 6. The fraction of sp³-hybridized carbons (Fsp3) is 0.500. The molecule has 0 fully saturated rings. The van der Waals surface area contributed by atoms with E-state index in [9.17, 15) is 4.79 Å². The molecule has 5 heteroatoms. The molecule has 4 nitrogen and oxygen atoms in total. The summed E-state index contributed by atoms with van der Waals surface area (Å²) in [6.07, 6.45) is 0. The number of halogens is 1. The van der Waals surface area contributed by atoms with Gasteiger partial charge in [0.25, 0.3) is 0 Å². The summed E-state index contributed by atoms with van der Waals surface area (Å²) in [4.78, 5) is 13.6. The number of amides is 1. The van der Waals surface area contributed by atoms with E-state index >= 15 is 0 Å². The zero-order chi connectivity index (χ0) is 14.4. The lowest BCUT2D eigenvalue weighted by Gasteiger charge is -2.19. The van der Waals surface area contributed by atoms with Gasteiger partial charge in [-0.15, -0.1) is 0 Å². The van der Waals surface area contributed by atoms with Gasteiger partial charge in [0.05, 0.1) is 13.7 Å². The SMILES string of the molecule is COc1ccc(Cl)cc1CN(C)CC(=O)NC(C)C. The molecular formula is C14H21ClN2O2. The van der Waals surface area contributed by atoms with Crippen LogP contribution in [-0.4, -0.2) is 37.6 Å². The fourth-order valence-corrected chi connectivity index (χ4v) is 2.02. The van der Waals surface area contributed by atoms with Crippen molar-refractivity contribution in [3.05, 3.63) is 28.8 Å². The van der Waals surface area contributed by atoms with Crippen LogP contribution in [-0.2, 0) is 11.3 Å². The van der Waals surface area contributed by atoms with Gasteiger partial charge in [-0.25, -0.2) is 0 Å². The van der Waals surface area contributed by atoms with Crippen LogP contribution in [0, 0.1) is 0 Å². The Hall–Kier alpha value is -1.26. The van der Waals surface area contributed by atoms with E-state index in [-0.39, 0.29) is 11.9 Å². The number of methoxy groups -OCH3 is 1. The summed E-state index contributed by atoms with van der Waals surface area (Å²) in [6, 6.07) is 5.63. The Morgan fingerprint density at radius 1 is 1.47 bits per heavy atom. The highest BCUT2D eigenvalue weighted by molar-refractivity contribution is 6.30. The Bertz CT molecular complexity index is 435. The second-order valence-corrected chi connectivity index (χ2v) is 5.29. The molecule has 0 spiro atoms. The minimum absolute atomic E-state index is 0.0125. The number of nitrogens with one attached hydrogen (secondary N) is 1. The third-order valence-electron chi connectivity index (χ3n) is 2.55. The molecule has 0 aromatic heterocycles. The number of carbonyl (C=O) groups excluding carboxylic acids is 1. The summed E-state index contributed by atoms with van der Waals surface area (Å²) in [5.74, 6) is 0.791. The van der Waals surface area contributed by atoms with E-state index in [1.54, 1.807) is 13.2 Å². The molecule has 0 saturated heterocycles. The van der Waals surface area contributed by atoms with Crippen molar-refractivity contribution in [1.82, 2.24) is 10.2 Å². The van der Waals surface area contributed by atoms with E-state index in [0.29, 0.717) is 18.1 Å². The van der Waals surface area contributed by atoms with Crippen molar-refractivity contribution in [2.75, 3.05) is 20.7 Å². The zero-order valence-corrected chi connectivity index (χ0v) is 12.6. The molecule has 0 aliphatic heterocycles. The van der Waals surface area contributed by atoms with E-state index in [4.69, 9.17) is 16.3 Å². The lowest BCUT2D eigenvalue weighted by Crippen LogP contribution is -2.38. The van der Waals surface area contributed by atoms with Crippen LogP contribution in [0.15, 0.2) is 18.2 Å². The highest BCUT2D eigenvalue weighted by Crippen LogP contribution is 2.23. The Kier molecular flexibility index (Phi) is 6.12. The van der Waals surface area contributed by atoms with Crippen LogP contribution in [0.2, 0.25) is 5.02 Å². The quantitative estimate of drug-likeness (QED) is 0.872. The van der Waals surface area contributed by atoms with Crippen LogP contribution in [0.5, 0.6) is 5.75 Å². The first kappa shape index (κ1) is 15.8. The van der Waals surface area contributed by atoms with Crippen molar-refractivity contribution in [2.24, 2.45) is 0 Å². The third kappa shape index (κ3) is 5.49. The molecule has 1 N–H and O–H groups in total. The predicted molar refractivity (Wildman–Crippen MR) is 77.6 cm³/mol. The molecule has 1 rings (SSSR count). The fourth-order valence-electron chi connectivity index (χ4n) is 1.83. The maximum absolute atomic E-state index is 11.7. The molecule has 1 amide bonds. The largest absolute Gasteiger partial charge is 0.496 e. The molecule has 0 aliphatic rings. The molecule has 1 aromatic rings. The second kappa shape index (κ2) is 7.36. The molecule has 0 bridgehead atoms. The minimum Gasteiger partial charge on any atom is -0.496 e. The smallest absolute Gasteiger partial charge is 0.234 e. The summed E-state index contributed by atoms with van der Waals surface area (Å²) in [5.41, 5.74) is 0.967. The van der Waals surface area contributed by atoms with E-state index in [1.807, 2.05) is 37.9 Å². The first-order valence-electron chi connectivity index (χ1n) is 6.22. The van der Waals surface area contributed by atoms with Crippen molar-refractivity contribution < 1.29 is 9.53 Å². The van der Waals surface area contributed by atoms with Crippen molar-refractivity contribution in [3.8, 4) is 5.75 Å². The number of hydrogen-bond donors (Lipinski definition) is 1. The van der Waals surface area contributed by atoms with E-state index < -0.39 is 0 Å². The molecule has 0 radical (unpaired) electrons. The topological polar surface area (TPSA) is 41.6 Å². The molecule has 106 valence electrons. The van der Waals surface area contributed by atoms with Gasteiger partial charge >= 0.3 is 0 Å². The molecule has 0 unspecified atom stereocenters. The van der Waals surface area contributed by atoms with Crippen molar-refractivity contribution >= 4 is 17.5 Å². The normalized spacial score (nSPS) is 10.9. The number of benzene rings is 1. The summed E-state index contributed by atoms with van der Waals surface area (Å²) >= 11 is 5.98. The van der Waals surface area contributed by atoms with Crippen molar-refractivity contribution in [2.45, 2.75) is 26.4 Å². The standard InChI is InChI=1S/C14H21ClN2O2/c1-10(2)16-14(18)9-17(3)8-11-7-12(15)5-6-13(11)19-4/h5-7,10H,8-9H2,1-4H3,(H,16,18). The van der Waals surface area contributed by atoms with Gasteiger partial charge in [0.15, 0.2) is 0 Å². The molecule has 0 saturated carbocycles. The zero-order valence-electron chi connectivity index (χ0n) is 11.9. The molecule has 1 aromatic carbocycles. The van der Waals surface area contributed by atoms with Crippen LogP contribution in [0.1, 0.15) is 19.4 Å². The molecule has 0 aliphatic carbocycles. The number of carbonyl (C=O) groups is 1. The Labute approximate surface area is 119 Å². The van der Waals surface area contributed by atoms with Gasteiger partial charge in [-0.1, -0.05) is 11.6 Å². The van der Waals surface area contributed by atoms with Crippen LogP contribution >= 0.6 is 11.6 Å². The van der Waals surface area contributed by atoms with Crippen LogP contribution in [0.4, 0.5) is 0 Å². The van der Waals surface area contributed by atoms with Crippen LogP contribution in [0.3, 0.4) is 0 Å². The number of nitrogens with zero attached hydrogens (tertiary/aromatic N) is 1. The summed E-state index contributed by atoms with van der Waals surface area (Å²) in [7, 11) is 3.51. The molecular weight excluding hydrogens is 264 g/mol. The Balaban J connectivity index is 2.63. The van der Waals surface area contributed by atoms with E-state index in [2.05, 4.69) is 5.32 Å². The number of hydrogen-bond acceptors (Lipinski definition) is 3. The highest BCUT2D eigenvalue weighted by Gasteiger charge is 2.11. The average Bonchev–Trinajstić information content (AvgIpc) is 2.27. The second-order valence-electron chi connectivity index (χ2n) is 4.85. The molecule has 19 heavy (non-hydrogen) atoms. The highest BCUT2D eigenvalue weighted by atomic mass is 35.5. The summed E-state index contributed by atoms with van der Waals surface area (Å²) in [5, 5.41) is 3.52. The number of ether oxygens (including phenoxy) is 1. The summed E-state index contributed by atoms with van der Waals surface area (Å²) < 4.78 is 5.28. The van der Waals surface area contributed by atoms with Gasteiger partial charge in [0, 0.05) is 23.2 Å². The first-order valence-corrected chi connectivity index (χ1v) is 6.60. The lowest BCUT2D eigenvalue weighted by molar-refractivity contribution is -0.122. The number of likely N-dealkylation sites (N-methyl/N-ethyl adjacent to an activating group) is 1. The average molecular weight is 285 g/mol. The van der Waals surface area contributed by atoms with E-state index in [0.717, 1.165) is 11.3 Å². The van der Waals surface area contributed by atoms with Crippen molar-refractivity contribution in [1.29, 1.82) is 0 Å². The molecule has 0 atom stereocenters. The maximum atomic E-state index is 11.7. The minimum atomic E-state index is 0.0125. The van der Waals surface area contributed by atoms with E-state index in [1.165, 1.54) is 0 Å². The van der Waals surface area contributed by atoms with Gasteiger partial charge in [0.2, 0.25) is 5.91 Å². The Morgan fingerprint density at radius 3 is 2.74 bits per heavy atom. The third-order valence-corrected chi connectivity index (χ3v) is 2.78. The maximum Gasteiger partial charge on any atom is 0.234 e. The Morgan fingerprint density at radius 2 is 2.16 bits per heavy atom. The van der Waals surface area contributed by atoms with Gasteiger partial charge in [0.1, 0.15) is 5.75 Å². The van der Waals surface area contributed by atoms with Crippen LogP contribution < -0.4 is 10.1 Å². The van der Waals surface area contributed by atoms with Crippen LogP contribution in [0.25, 0.3) is 0 Å². The lowest BCUT2D eigenvalue weighted by atomic mass is 10.2. The van der Waals surface area contributed by atoms with Gasteiger partial charge in [-0.3, -0.25) is 9.69 Å². The van der Waals surface area contributed by atoms with Crippen molar-refractivity contribution in [3.63, 3.8) is 0 Å². The first-order chi connectivity index (χ1) is 8.92. The molecule has 0 heterocycles. The predicted octanol–water partition coefficient (Wildman–Crippen LogP) is 2.30. The van der Waals surface area contributed by atoms with Gasteiger partial charge in [-0.2, -0.15) is 0 Å². The van der Waals surface area contributed by atoms with Gasteiger partial charge < -0.3 is 10.1 Å². The monoisotopic (exact) mass is 284 g/mol.